The second-order valence-electron chi connectivity index (χ2n) is 3.05. The zero-order valence-corrected chi connectivity index (χ0v) is 9.65. The predicted octanol–water partition coefficient (Wildman–Crippen LogP) is 0.174. The standard InChI is InChI=1S/C8H9N7OS/c1-4-10-8(17-15-4)11-7(16)5-2-3-6(12-9)14-13-5/h2-3H,9H2,1H3,(H,12,14)(H,10,11,15,16). The first kappa shape index (κ1) is 11.4. The van der Waals surface area contributed by atoms with Crippen LogP contribution in [0.1, 0.15) is 16.3 Å². The van der Waals surface area contributed by atoms with Crippen molar-refractivity contribution < 1.29 is 4.79 Å². The first-order valence-electron chi connectivity index (χ1n) is 4.61. The van der Waals surface area contributed by atoms with Crippen LogP contribution in [-0.4, -0.2) is 25.5 Å². The van der Waals surface area contributed by atoms with Crippen LogP contribution in [0, 0.1) is 6.92 Å². The highest BCUT2D eigenvalue weighted by Crippen LogP contribution is 2.11. The van der Waals surface area contributed by atoms with Crippen molar-refractivity contribution in [1.82, 2.24) is 19.6 Å². The highest BCUT2D eigenvalue weighted by atomic mass is 32.1. The number of nitrogens with one attached hydrogen (secondary N) is 2. The van der Waals surface area contributed by atoms with Gasteiger partial charge in [-0.15, -0.1) is 10.2 Å². The molecular formula is C8H9N7OS. The van der Waals surface area contributed by atoms with Crippen molar-refractivity contribution in [3.63, 3.8) is 0 Å². The maximum Gasteiger partial charge on any atom is 0.277 e. The Morgan fingerprint density at radius 2 is 2.24 bits per heavy atom. The van der Waals surface area contributed by atoms with E-state index in [0.29, 0.717) is 16.8 Å². The summed E-state index contributed by atoms with van der Waals surface area (Å²) in [7, 11) is 0. The Labute approximate surface area is 100 Å². The molecule has 9 heteroatoms. The van der Waals surface area contributed by atoms with Gasteiger partial charge >= 0.3 is 0 Å². The number of aryl methyl sites for hydroxylation is 1. The van der Waals surface area contributed by atoms with Crippen LogP contribution < -0.4 is 16.6 Å². The lowest BCUT2D eigenvalue weighted by atomic mass is 10.3. The third-order valence-electron chi connectivity index (χ3n) is 1.79. The van der Waals surface area contributed by atoms with Crippen LogP contribution in [0.4, 0.5) is 10.9 Å². The molecule has 0 spiro atoms. The molecule has 88 valence electrons. The van der Waals surface area contributed by atoms with E-state index in [9.17, 15) is 4.79 Å². The van der Waals surface area contributed by atoms with E-state index in [4.69, 9.17) is 5.84 Å². The van der Waals surface area contributed by atoms with Crippen LogP contribution in [0.25, 0.3) is 0 Å². The Bertz CT molecular complexity index is 523. The van der Waals surface area contributed by atoms with Gasteiger partial charge in [0.15, 0.2) is 11.5 Å². The molecule has 0 saturated heterocycles. The van der Waals surface area contributed by atoms with Gasteiger partial charge in [0.25, 0.3) is 5.91 Å². The summed E-state index contributed by atoms with van der Waals surface area (Å²) in [6.07, 6.45) is 0. The van der Waals surface area contributed by atoms with Crippen LogP contribution in [0.5, 0.6) is 0 Å². The smallest absolute Gasteiger partial charge is 0.277 e. The highest BCUT2D eigenvalue weighted by Gasteiger charge is 2.10. The molecule has 0 saturated carbocycles. The summed E-state index contributed by atoms with van der Waals surface area (Å²) < 4.78 is 3.94. The molecule has 17 heavy (non-hydrogen) atoms. The summed E-state index contributed by atoms with van der Waals surface area (Å²) in [5.74, 6) is 5.73. The summed E-state index contributed by atoms with van der Waals surface area (Å²) in [6.45, 7) is 1.74. The van der Waals surface area contributed by atoms with Crippen molar-refractivity contribution in [3.8, 4) is 0 Å². The lowest BCUT2D eigenvalue weighted by Gasteiger charge is -2.00. The van der Waals surface area contributed by atoms with E-state index >= 15 is 0 Å². The Kier molecular flexibility index (Phi) is 3.21. The van der Waals surface area contributed by atoms with E-state index < -0.39 is 5.91 Å². The SMILES string of the molecule is Cc1nsc(NC(=O)c2ccc(NN)nn2)n1. The van der Waals surface area contributed by atoms with Gasteiger partial charge in [-0.25, -0.2) is 10.8 Å². The second-order valence-corrected chi connectivity index (χ2v) is 3.80. The molecule has 0 unspecified atom stereocenters. The Balaban J connectivity index is 2.09. The minimum absolute atomic E-state index is 0.178. The number of carbonyl (C=O) groups excluding carboxylic acids is 1. The molecule has 0 aliphatic heterocycles. The highest BCUT2D eigenvalue weighted by molar-refractivity contribution is 7.09. The Morgan fingerprint density at radius 1 is 1.41 bits per heavy atom. The fourth-order valence-corrected chi connectivity index (χ4v) is 1.61. The van der Waals surface area contributed by atoms with Gasteiger partial charge in [0.2, 0.25) is 5.13 Å². The van der Waals surface area contributed by atoms with Crippen molar-refractivity contribution in [3.05, 3.63) is 23.7 Å². The maximum atomic E-state index is 11.7. The zero-order valence-electron chi connectivity index (χ0n) is 8.84. The molecule has 0 aromatic carbocycles. The molecule has 4 N–H and O–H groups in total. The van der Waals surface area contributed by atoms with Gasteiger partial charge in [-0.3, -0.25) is 10.1 Å². The van der Waals surface area contributed by atoms with Gasteiger partial charge in [-0.05, 0) is 19.1 Å². The molecular weight excluding hydrogens is 242 g/mol. The summed E-state index contributed by atoms with van der Waals surface area (Å²) >= 11 is 1.11. The van der Waals surface area contributed by atoms with Gasteiger partial charge in [-0.2, -0.15) is 4.37 Å². The van der Waals surface area contributed by atoms with Crippen molar-refractivity contribution >= 4 is 28.4 Å². The van der Waals surface area contributed by atoms with E-state index in [1.165, 1.54) is 6.07 Å². The molecule has 0 aliphatic carbocycles. The van der Waals surface area contributed by atoms with Crippen molar-refractivity contribution in [2.45, 2.75) is 6.92 Å². The maximum absolute atomic E-state index is 11.7. The van der Waals surface area contributed by atoms with E-state index in [0.717, 1.165) is 11.5 Å². The molecule has 2 aromatic rings. The second kappa shape index (κ2) is 4.80. The number of hydrogen-bond acceptors (Lipinski definition) is 8. The summed E-state index contributed by atoms with van der Waals surface area (Å²) in [6, 6.07) is 3.05. The summed E-state index contributed by atoms with van der Waals surface area (Å²) in [5, 5.41) is 10.4. The minimum atomic E-state index is -0.391. The van der Waals surface area contributed by atoms with E-state index in [-0.39, 0.29) is 5.69 Å². The number of hydrazine groups is 1. The number of rotatable bonds is 3. The summed E-state index contributed by atoms with van der Waals surface area (Å²) in [5.41, 5.74) is 2.50. The molecule has 2 aromatic heterocycles. The van der Waals surface area contributed by atoms with Crippen molar-refractivity contribution in [1.29, 1.82) is 0 Å². The topological polar surface area (TPSA) is 119 Å². The first-order valence-corrected chi connectivity index (χ1v) is 5.38. The third-order valence-corrected chi connectivity index (χ3v) is 2.51. The Hall–Kier alpha value is -2.13. The van der Waals surface area contributed by atoms with Crippen LogP contribution in [-0.2, 0) is 0 Å². The minimum Gasteiger partial charge on any atom is -0.307 e. The predicted molar refractivity (Wildman–Crippen MR) is 62.4 cm³/mol. The van der Waals surface area contributed by atoms with Gasteiger partial charge in [0, 0.05) is 11.5 Å². The third kappa shape index (κ3) is 2.71. The van der Waals surface area contributed by atoms with Crippen LogP contribution in [0.15, 0.2) is 12.1 Å². The quantitative estimate of drug-likeness (QED) is 0.525. The fraction of sp³-hybridized carbons (Fsp3) is 0.125. The number of aromatic nitrogens is 4. The number of anilines is 2. The Morgan fingerprint density at radius 3 is 2.76 bits per heavy atom. The molecule has 2 heterocycles. The van der Waals surface area contributed by atoms with Gasteiger partial charge in [-0.1, -0.05) is 0 Å². The average molecular weight is 251 g/mol. The van der Waals surface area contributed by atoms with E-state index in [1.807, 2.05) is 0 Å². The summed E-state index contributed by atoms with van der Waals surface area (Å²) in [4.78, 5) is 15.7. The van der Waals surface area contributed by atoms with E-state index in [1.54, 1.807) is 13.0 Å². The van der Waals surface area contributed by atoms with Crippen LogP contribution in [0.3, 0.4) is 0 Å². The van der Waals surface area contributed by atoms with Crippen LogP contribution >= 0.6 is 11.5 Å². The van der Waals surface area contributed by atoms with Crippen LogP contribution in [0.2, 0.25) is 0 Å². The first-order chi connectivity index (χ1) is 8.19. The average Bonchev–Trinajstić information content (AvgIpc) is 2.75. The molecule has 0 aliphatic rings. The number of amides is 1. The molecule has 8 nitrogen and oxygen atoms in total. The monoisotopic (exact) mass is 251 g/mol. The van der Waals surface area contributed by atoms with Gasteiger partial charge in [0.05, 0.1) is 0 Å². The lowest BCUT2D eigenvalue weighted by molar-refractivity contribution is 0.102. The number of hydrogen-bond donors (Lipinski definition) is 3. The molecule has 2 rings (SSSR count). The largest absolute Gasteiger partial charge is 0.307 e. The van der Waals surface area contributed by atoms with Gasteiger partial charge < -0.3 is 5.43 Å². The van der Waals surface area contributed by atoms with Crippen molar-refractivity contribution in [2.75, 3.05) is 10.7 Å². The molecule has 0 atom stereocenters. The normalized spacial score (nSPS) is 10.0. The lowest BCUT2D eigenvalue weighted by Crippen LogP contribution is -2.15. The molecule has 0 radical (unpaired) electrons. The zero-order chi connectivity index (χ0) is 12.3. The van der Waals surface area contributed by atoms with Crippen molar-refractivity contribution in [2.24, 2.45) is 5.84 Å². The number of nitrogen functional groups attached to an aromatic ring is 1. The number of carbonyl (C=O) groups is 1. The van der Waals surface area contributed by atoms with Gasteiger partial charge in [0.1, 0.15) is 5.82 Å². The molecule has 0 fully saturated rings. The number of nitrogens with zero attached hydrogens (tertiary/aromatic N) is 4. The fourth-order valence-electron chi connectivity index (χ4n) is 1.04. The number of nitrogens with two attached hydrogens (primary N) is 1. The molecule has 0 bridgehead atoms. The molecule has 1 amide bonds. The van der Waals surface area contributed by atoms with E-state index in [2.05, 4.69) is 30.3 Å².